The summed E-state index contributed by atoms with van der Waals surface area (Å²) in [6.07, 6.45) is 0. The summed E-state index contributed by atoms with van der Waals surface area (Å²) < 4.78 is 34.1. The van der Waals surface area contributed by atoms with Crippen molar-refractivity contribution in [2.45, 2.75) is 0 Å². The molecule has 66 valence electrons. The molecule has 0 heterocycles. The van der Waals surface area contributed by atoms with Crippen LogP contribution < -0.4 is 24.8 Å². The number of rotatable bonds is 0. The Kier molecular flexibility index (Phi) is 42.5. The van der Waals surface area contributed by atoms with Crippen molar-refractivity contribution >= 4 is 10.4 Å². The molecule has 0 spiro atoms. The third-order valence-electron chi connectivity index (χ3n) is 0. The van der Waals surface area contributed by atoms with Gasteiger partial charge in [-0.15, -0.1) is 0 Å². The van der Waals surface area contributed by atoms with Gasteiger partial charge in [0, 0.05) is 10.4 Å². The van der Waals surface area contributed by atoms with E-state index in [9.17, 15) is 0 Å². The SMILES string of the molecule is O=S(=O)([O-])[O-].[Cl-].[Cl-].[Cu+2].[Cu+2]. The molecule has 0 aliphatic heterocycles. The molecule has 2 radical (unpaired) electrons. The third-order valence-corrected chi connectivity index (χ3v) is 0. The van der Waals surface area contributed by atoms with Crippen molar-refractivity contribution in [3.8, 4) is 0 Å². The van der Waals surface area contributed by atoms with Crippen LogP contribution in [-0.2, 0) is 44.5 Å². The molecule has 0 fully saturated rings. The van der Waals surface area contributed by atoms with Crippen LogP contribution in [0, 0.1) is 0 Å². The van der Waals surface area contributed by atoms with E-state index in [1.54, 1.807) is 0 Å². The second kappa shape index (κ2) is 12.2. The average molecular weight is 294 g/mol. The molecule has 0 aliphatic rings. The molecule has 0 bridgehead atoms. The van der Waals surface area contributed by atoms with E-state index in [-0.39, 0.29) is 59.0 Å². The van der Waals surface area contributed by atoms with E-state index in [1.165, 1.54) is 0 Å². The first-order valence-corrected chi connectivity index (χ1v) is 2.00. The summed E-state index contributed by atoms with van der Waals surface area (Å²) in [5, 5.41) is 0. The van der Waals surface area contributed by atoms with Crippen LogP contribution in [-0.4, -0.2) is 17.5 Å². The van der Waals surface area contributed by atoms with Gasteiger partial charge in [0.05, 0.1) is 0 Å². The second-order valence-corrected chi connectivity index (χ2v) is 1.22. The molecule has 9 heteroatoms. The summed E-state index contributed by atoms with van der Waals surface area (Å²) in [5.74, 6) is 0. The van der Waals surface area contributed by atoms with E-state index in [4.69, 9.17) is 17.5 Å². The molecule has 0 aliphatic carbocycles. The summed E-state index contributed by atoms with van der Waals surface area (Å²) in [4.78, 5) is 0. The molecule has 0 aromatic carbocycles. The Balaban J connectivity index is -0.0000000133. The van der Waals surface area contributed by atoms with E-state index in [0.29, 0.717) is 0 Å². The van der Waals surface area contributed by atoms with Crippen molar-refractivity contribution in [1.82, 2.24) is 0 Å². The molecular formula is Cl2Cu2O4S. The van der Waals surface area contributed by atoms with Gasteiger partial charge in [-0.2, -0.15) is 0 Å². The van der Waals surface area contributed by atoms with E-state index in [2.05, 4.69) is 0 Å². The zero-order chi connectivity index (χ0) is 4.50. The monoisotopic (exact) mass is 292 g/mol. The second-order valence-electron chi connectivity index (χ2n) is 0.408. The van der Waals surface area contributed by atoms with E-state index < -0.39 is 10.4 Å². The van der Waals surface area contributed by atoms with Gasteiger partial charge in [0.1, 0.15) is 0 Å². The summed E-state index contributed by atoms with van der Waals surface area (Å²) in [5.41, 5.74) is 0. The first kappa shape index (κ1) is 31.3. The van der Waals surface area contributed by atoms with Crippen molar-refractivity contribution in [2.24, 2.45) is 0 Å². The zero-order valence-corrected chi connectivity index (χ0v) is 7.61. The number of halogens is 2. The van der Waals surface area contributed by atoms with Crippen molar-refractivity contribution in [3.63, 3.8) is 0 Å². The van der Waals surface area contributed by atoms with Gasteiger partial charge in [-0.05, 0) is 0 Å². The predicted octanol–water partition coefficient (Wildman–Crippen LogP) is -7.34. The molecule has 9 heavy (non-hydrogen) atoms. The zero-order valence-electron chi connectivity index (χ0n) is 3.40. The summed E-state index contributed by atoms with van der Waals surface area (Å²) >= 11 is 0. The van der Waals surface area contributed by atoms with Crippen LogP contribution in [0.2, 0.25) is 0 Å². The Morgan fingerprint density at radius 3 is 0.889 bits per heavy atom. The van der Waals surface area contributed by atoms with E-state index >= 15 is 0 Å². The van der Waals surface area contributed by atoms with Crippen LogP contribution in [0.4, 0.5) is 0 Å². The molecule has 0 aromatic heterocycles. The number of hydrogen-bond acceptors (Lipinski definition) is 4. The quantitative estimate of drug-likeness (QED) is 0.252. The third kappa shape index (κ3) is 240. The smallest absolute Gasteiger partial charge is 1.00 e. The molecular weight excluding hydrogens is 294 g/mol. The standard InChI is InChI=1S/2ClH.2Cu.H2O4S/c;;;;1-5(2,3)4/h2*1H;;;(H2,1,2,3,4)/q;;2*+2;/p-4. The summed E-state index contributed by atoms with van der Waals surface area (Å²) in [7, 11) is -5.17. The fraction of sp³-hybridized carbons (Fsp3) is 0. The first-order valence-electron chi connectivity index (χ1n) is 0.667. The van der Waals surface area contributed by atoms with Gasteiger partial charge in [-0.25, -0.2) is 0 Å². The van der Waals surface area contributed by atoms with Crippen molar-refractivity contribution in [2.75, 3.05) is 0 Å². The van der Waals surface area contributed by atoms with Gasteiger partial charge in [-0.3, -0.25) is 8.42 Å². The Morgan fingerprint density at radius 2 is 0.889 bits per heavy atom. The maximum absolute atomic E-state index is 8.52. The van der Waals surface area contributed by atoms with Gasteiger partial charge >= 0.3 is 34.1 Å². The minimum absolute atomic E-state index is 0. The Morgan fingerprint density at radius 1 is 0.889 bits per heavy atom. The molecule has 0 N–H and O–H groups in total. The number of hydrogen-bond donors (Lipinski definition) is 0. The Bertz CT molecular complexity index is 99.7. The minimum Gasteiger partial charge on any atom is -1.00 e. The summed E-state index contributed by atoms with van der Waals surface area (Å²) in [6.45, 7) is 0. The van der Waals surface area contributed by atoms with Gasteiger partial charge in [-0.1, -0.05) is 0 Å². The first-order chi connectivity index (χ1) is 2.00. The topological polar surface area (TPSA) is 80.3 Å². The summed E-state index contributed by atoms with van der Waals surface area (Å²) in [6, 6.07) is 0. The van der Waals surface area contributed by atoms with Gasteiger partial charge in [0.2, 0.25) is 0 Å². The molecule has 0 aromatic rings. The Labute approximate surface area is 86.5 Å². The van der Waals surface area contributed by atoms with Crippen LogP contribution >= 0.6 is 0 Å². The van der Waals surface area contributed by atoms with Crippen LogP contribution in [0.3, 0.4) is 0 Å². The van der Waals surface area contributed by atoms with E-state index in [0.717, 1.165) is 0 Å². The van der Waals surface area contributed by atoms with Crippen molar-refractivity contribution < 1.29 is 76.5 Å². The van der Waals surface area contributed by atoms with Gasteiger partial charge in [0.25, 0.3) is 0 Å². The molecule has 0 unspecified atom stereocenters. The van der Waals surface area contributed by atoms with Gasteiger partial charge in [0.15, 0.2) is 0 Å². The molecule has 0 amide bonds. The normalized spacial score (nSPS) is 6.44. The van der Waals surface area contributed by atoms with Gasteiger partial charge < -0.3 is 33.9 Å². The maximum atomic E-state index is 8.52. The molecule has 0 rings (SSSR count). The van der Waals surface area contributed by atoms with Crippen LogP contribution in [0.5, 0.6) is 0 Å². The minimum atomic E-state index is -5.17. The van der Waals surface area contributed by atoms with Crippen LogP contribution in [0.15, 0.2) is 0 Å². The largest absolute Gasteiger partial charge is 2.00 e. The predicted molar refractivity (Wildman–Crippen MR) is 10.5 cm³/mol. The van der Waals surface area contributed by atoms with Crippen molar-refractivity contribution in [3.05, 3.63) is 0 Å². The maximum Gasteiger partial charge on any atom is 2.00 e. The van der Waals surface area contributed by atoms with Crippen LogP contribution in [0.1, 0.15) is 0 Å². The fourth-order valence-corrected chi connectivity index (χ4v) is 0. The van der Waals surface area contributed by atoms with E-state index in [1.807, 2.05) is 0 Å². The molecule has 0 atom stereocenters. The fourth-order valence-electron chi connectivity index (χ4n) is 0. The Hall–Kier alpha value is 1.49. The van der Waals surface area contributed by atoms with Crippen LogP contribution in [0.25, 0.3) is 0 Å². The molecule has 0 saturated carbocycles. The van der Waals surface area contributed by atoms with Crippen molar-refractivity contribution in [1.29, 1.82) is 0 Å². The average Bonchev–Trinajstić information content (AvgIpc) is 0.722. The molecule has 0 saturated heterocycles. The molecule has 4 nitrogen and oxygen atoms in total.